The molecule has 1 aliphatic heterocycles. The number of hydrogen-bond acceptors (Lipinski definition) is 3. The van der Waals surface area contributed by atoms with Crippen molar-refractivity contribution in [3.63, 3.8) is 0 Å². The van der Waals surface area contributed by atoms with Crippen LogP contribution in [0.2, 0.25) is 0 Å². The Morgan fingerprint density at radius 2 is 2.12 bits per heavy atom. The van der Waals surface area contributed by atoms with Crippen molar-refractivity contribution >= 4 is 5.69 Å². The van der Waals surface area contributed by atoms with Crippen molar-refractivity contribution in [1.82, 2.24) is 5.32 Å². The molecule has 0 spiro atoms. The summed E-state index contributed by atoms with van der Waals surface area (Å²) in [5.41, 5.74) is 0.402. The lowest BCUT2D eigenvalue weighted by atomic mass is 9.91. The lowest BCUT2D eigenvalue weighted by molar-refractivity contribution is -0.387. The fraction of sp³-hybridized carbons (Fsp3) is 0.500. The molecule has 1 aliphatic rings. The zero-order valence-corrected chi connectivity index (χ0v) is 9.49. The molecule has 92 valence electrons. The smallest absolute Gasteiger partial charge is 0.304 e. The summed E-state index contributed by atoms with van der Waals surface area (Å²) in [4.78, 5) is 9.79. The molecule has 0 aromatic heterocycles. The van der Waals surface area contributed by atoms with E-state index < -0.39 is 16.4 Å². The third-order valence-electron chi connectivity index (χ3n) is 3.19. The van der Waals surface area contributed by atoms with Crippen LogP contribution in [0.25, 0.3) is 0 Å². The van der Waals surface area contributed by atoms with Crippen molar-refractivity contribution in [2.45, 2.75) is 19.3 Å². The summed E-state index contributed by atoms with van der Waals surface area (Å²) < 4.78 is 13.4. The van der Waals surface area contributed by atoms with Gasteiger partial charge in [0.05, 0.1) is 4.92 Å². The second-order valence-corrected chi connectivity index (χ2v) is 4.44. The largest absolute Gasteiger partial charge is 0.317 e. The molecule has 0 saturated carbocycles. The topological polar surface area (TPSA) is 55.2 Å². The Morgan fingerprint density at radius 3 is 2.71 bits per heavy atom. The van der Waals surface area contributed by atoms with Crippen molar-refractivity contribution in [2.75, 3.05) is 13.1 Å². The van der Waals surface area contributed by atoms with Crippen molar-refractivity contribution in [3.8, 4) is 0 Å². The third-order valence-corrected chi connectivity index (χ3v) is 3.19. The van der Waals surface area contributed by atoms with Gasteiger partial charge < -0.3 is 5.32 Å². The van der Waals surface area contributed by atoms with Crippen molar-refractivity contribution in [3.05, 3.63) is 39.7 Å². The van der Waals surface area contributed by atoms with Crippen LogP contribution in [0.15, 0.2) is 18.2 Å². The van der Waals surface area contributed by atoms with Gasteiger partial charge in [-0.1, -0.05) is 6.07 Å². The van der Waals surface area contributed by atoms with E-state index in [1.807, 2.05) is 0 Å². The van der Waals surface area contributed by atoms with Gasteiger partial charge in [0.1, 0.15) is 0 Å². The van der Waals surface area contributed by atoms with Crippen LogP contribution in [-0.2, 0) is 6.42 Å². The minimum absolute atomic E-state index is 0.445. The van der Waals surface area contributed by atoms with Gasteiger partial charge in [0.2, 0.25) is 5.82 Å². The number of nitrogens with zero attached hydrogens (tertiary/aromatic N) is 1. The first-order valence-corrected chi connectivity index (χ1v) is 5.80. The molecule has 0 atom stereocenters. The van der Waals surface area contributed by atoms with E-state index in [9.17, 15) is 14.5 Å². The van der Waals surface area contributed by atoms with E-state index in [1.165, 1.54) is 12.1 Å². The minimum Gasteiger partial charge on any atom is -0.317 e. The Morgan fingerprint density at radius 1 is 1.41 bits per heavy atom. The Balaban J connectivity index is 2.06. The number of nitro groups is 1. The molecule has 1 aromatic carbocycles. The van der Waals surface area contributed by atoms with Crippen LogP contribution in [-0.4, -0.2) is 18.0 Å². The second-order valence-electron chi connectivity index (χ2n) is 4.44. The summed E-state index contributed by atoms with van der Waals surface area (Å²) in [6.45, 7) is 2.00. The number of rotatable bonds is 3. The monoisotopic (exact) mass is 238 g/mol. The van der Waals surface area contributed by atoms with Gasteiger partial charge in [-0.25, -0.2) is 0 Å². The number of halogens is 1. The highest BCUT2D eigenvalue weighted by atomic mass is 19.1. The Labute approximate surface area is 99.0 Å². The van der Waals surface area contributed by atoms with E-state index in [1.54, 1.807) is 6.07 Å². The SMILES string of the molecule is O=[N+]([O-])c1ccc(CC2CCNCC2)cc1F. The standard InChI is InChI=1S/C12H15FN2O2/c13-11-8-10(1-2-12(11)15(16)17)7-9-3-5-14-6-4-9/h1-2,8-9,14H,3-7H2. The maximum atomic E-state index is 13.4. The fourth-order valence-corrected chi connectivity index (χ4v) is 2.24. The summed E-state index contributed by atoms with van der Waals surface area (Å²) in [5, 5.41) is 13.8. The predicted molar refractivity (Wildman–Crippen MR) is 62.4 cm³/mol. The van der Waals surface area contributed by atoms with Crippen LogP contribution in [0.1, 0.15) is 18.4 Å². The summed E-state index contributed by atoms with van der Waals surface area (Å²) in [7, 11) is 0. The highest BCUT2D eigenvalue weighted by molar-refractivity contribution is 5.35. The fourth-order valence-electron chi connectivity index (χ4n) is 2.24. The number of nitro benzene ring substituents is 1. The van der Waals surface area contributed by atoms with Crippen LogP contribution in [0, 0.1) is 21.8 Å². The average molecular weight is 238 g/mol. The predicted octanol–water partition coefficient (Wildman–Crippen LogP) is 2.28. The van der Waals surface area contributed by atoms with Gasteiger partial charge in [0.25, 0.3) is 0 Å². The van der Waals surface area contributed by atoms with Crippen molar-refractivity contribution < 1.29 is 9.31 Å². The van der Waals surface area contributed by atoms with Gasteiger partial charge in [-0.05, 0) is 49.9 Å². The number of piperidine rings is 1. The quantitative estimate of drug-likeness (QED) is 0.649. The molecule has 0 amide bonds. The second kappa shape index (κ2) is 5.23. The third kappa shape index (κ3) is 3.00. The Bertz CT molecular complexity index is 417. The van der Waals surface area contributed by atoms with E-state index in [2.05, 4.69) is 5.32 Å². The normalized spacial score (nSPS) is 17.0. The van der Waals surface area contributed by atoms with Crippen molar-refractivity contribution in [1.29, 1.82) is 0 Å². The molecule has 0 aliphatic carbocycles. The lowest BCUT2D eigenvalue weighted by Crippen LogP contribution is -2.28. The minimum atomic E-state index is -0.735. The maximum Gasteiger partial charge on any atom is 0.304 e. The molecule has 1 N–H and O–H groups in total. The van der Waals surface area contributed by atoms with Gasteiger partial charge >= 0.3 is 5.69 Å². The molecular weight excluding hydrogens is 223 g/mol. The number of nitrogens with one attached hydrogen (secondary N) is 1. The Hall–Kier alpha value is -1.49. The molecule has 0 bridgehead atoms. The molecule has 2 rings (SSSR count). The molecule has 0 unspecified atom stereocenters. The summed E-state index contributed by atoms with van der Waals surface area (Å²) in [5.74, 6) is -0.182. The summed E-state index contributed by atoms with van der Waals surface area (Å²) in [6.07, 6.45) is 2.97. The highest BCUT2D eigenvalue weighted by Gasteiger charge is 2.17. The zero-order valence-electron chi connectivity index (χ0n) is 9.49. The van der Waals surface area contributed by atoms with E-state index in [0.29, 0.717) is 5.92 Å². The molecule has 1 aromatic rings. The van der Waals surface area contributed by atoms with E-state index in [0.717, 1.165) is 37.9 Å². The molecule has 4 nitrogen and oxygen atoms in total. The molecular formula is C12H15FN2O2. The summed E-state index contributed by atoms with van der Waals surface area (Å²) >= 11 is 0. The van der Waals surface area contributed by atoms with Gasteiger partial charge in [0.15, 0.2) is 0 Å². The van der Waals surface area contributed by atoms with E-state index in [-0.39, 0.29) is 0 Å². The molecule has 0 radical (unpaired) electrons. The zero-order chi connectivity index (χ0) is 12.3. The molecule has 1 saturated heterocycles. The lowest BCUT2D eigenvalue weighted by Gasteiger charge is -2.22. The molecule has 1 heterocycles. The Kier molecular flexibility index (Phi) is 3.68. The van der Waals surface area contributed by atoms with Gasteiger partial charge in [-0.2, -0.15) is 4.39 Å². The molecule has 1 fully saturated rings. The first kappa shape index (κ1) is 12.0. The van der Waals surface area contributed by atoms with E-state index in [4.69, 9.17) is 0 Å². The van der Waals surface area contributed by atoms with Crippen LogP contribution in [0.3, 0.4) is 0 Å². The van der Waals surface area contributed by atoms with Gasteiger partial charge in [-0.3, -0.25) is 10.1 Å². The van der Waals surface area contributed by atoms with Crippen LogP contribution >= 0.6 is 0 Å². The van der Waals surface area contributed by atoms with E-state index >= 15 is 0 Å². The van der Waals surface area contributed by atoms with Gasteiger partial charge in [0, 0.05) is 6.07 Å². The van der Waals surface area contributed by atoms with Crippen LogP contribution in [0.5, 0.6) is 0 Å². The summed E-state index contributed by atoms with van der Waals surface area (Å²) in [6, 6.07) is 4.20. The first-order valence-electron chi connectivity index (χ1n) is 5.80. The maximum absolute atomic E-state index is 13.4. The van der Waals surface area contributed by atoms with Crippen LogP contribution < -0.4 is 5.32 Å². The molecule has 5 heteroatoms. The highest BCUT2D eigenvalue weighted by Crippen LogP contribution is 2.22. The average Bonchev–Trinajstić information content (AvgIpc) is 2.30. The first-order chi connectivity index (χ1) is 8.16. The van der Waals surface area contributed by atoms with Crippen molar-refractivity contribution in [2.24, 2.45) is 5.92 Å². The number of hydrogen-bond donors (Lipinski definition) is 1. The molecule has 17 heavy (non-hydrogen) atoms. The number of benzene rings is 1. The van der Waals surface area contributed by atoms with Gasteiger partial charge in [-0.15, -0.1) is 0 Å². The van der Waals surface area contributed by atoms with Crippen LogP contribution in [0.4, 0.5) is 10.1 Å².